The summed E-state index contributed by atoms with van der Waals surface area (Å²) in [5, 5.41) is 20.3. The minimum Gasteiger partial charge on any atom is -0.481 e. The van der Waals surface area contributed by atoms with Crippen molar-refractivity contribution in [3.05, 3.63) is 59.1 Å². The zero-order valence-corrected chi connectivity index (χ0v) is 14.8. The van der Waals surface area contributed by atoms with E-state index in [9.17, 15) is 9.59 Å². The Balaban J connectivity index is 1.75. The molecule has 2 aromatic carbocycles. The predicted molar refractivity (Wildman–Crippen MR) is 99.6 cm³/mol. The van der Waals surface area contributed by atoms with Gasteiger partial charge in [0.2, 0.25) is 0 Å². The average Bonchev–Trinajstić information content (AvgIpc) is 3.09. The summed E-state index contributed by atoms with van der Waals surface area (Å²) in [4.78, 5) is 26.0. The van der Waals surface area contributed by atoms with Gasteiger partial charge in [0.1, 0.15) is 0 Å². The number of carboxylic acid groups (broad SMARTS) is 1. The Hall–Kier alpha value is -2.84. The zero-order valence-electron chi connectivity index (χ0n) is 13.3. The van der Waals surface area contributed by atoms with Gasteiger partial charge in [0.25, 0.3) is 5.91 Å². The second-order valence-electron chi connectivity index (χ2n) is 5.21. The van der Waals surface area contributed by atoms with Gasteiger partial charge >= 0.3 is 5.97 Å². The summed E-state index contributed by atoms with van der Waals surface area (Å²) in [5.41, 5.74) is 1.71. The Morgan fingerprint density at radius 3 is 2.73 bits per heavy atom. The van der Waals surface area contributed by atoms with Gasteiger partial charge < -0.3 is 15.4 Å². The first-order chi connectivity index (χ1) is 12.5. The fourth-order valence-electron chi connectivity index (χ4n) is 2.15. The molecule has 0 aliphatic heterocycles. The Kier molecular flexibility index (Phi) is 5.55. The molecule has 0 fully saturated rings. The highest BCUT2D eigenvalue weighted by Gasteiger charge is 2.11. The third-order valence-electron chi connectivity index (χ3n) is 3.28. The van der Waals surface area contributed by atoms with Gasteiger partial charge in [-0.1, -0.05) is 41.6 Å². The summed E-state index contributed by atoms with van der Waals surface area (Å²) < 4.78 is 0. The summed E-state index contributed by atoms with van der Waals surface area (Å²) in [6.07, 6.45) is 0. The van der Waals surface area contributed by atoms with E-state index < -0.39 is 5.97 Å². The molecule has 0 aliphatic carbocycles. The van der Waals surface area contributed by atoms with Crippen LogP contribution in [0.2, 0.25) is 5.02 Å². The van der Waals surface area contributed by atoms with E-state index in [1.807, 2.05) is 0 Å². The molecule has 0 bridgehead atoms. The highest BCUT2D eigenvalue weighted by Crippen LogP contribution is 2.21. The lowest BCUT2D eigenvalue weighted by atomic mass is 10.1. The van der Waals surface area contributed by atoms with Gasteiger partial charge in [0.05, 0.1) is 5.75 Å². The van der Waals surface area contributed by atoms with Crippen molar-refractivity contribution in [2.24, 2.45) is 0 Å². The van der Waals surface area contributed by atoms with Crippen LogP contribution in [-0.2, 0) is 4.79 Å². The van der Waals surface area contributed by atoms with Crippen LogP contribution < -0.4 is 5.32 Å². The topological polar surface area (TPSA) is 108 Å². The summed E-state index contributed by atoms with van der Waals surface area (Å²) in [6, 6.07) is 13.7. The van der Waals surface area contributed by atoms with E-state index in [1.54, 1.807) is 48.5 Å². The van der Waals surface area contributed by atoms with Crippen LogP contribution in [0.1, 0.15) is 10.4 Å². The number of carbonyl (C=O) groups is 2. The smallest absolute Gasteiger partial charge is 0.313 e. The molecular weight excluding hydrogens is 376 g/mol. The monoisotopic (exact) mass is 388 g/mol. The molecular formula is C17H13ClN4O3S. The summed E-state index contributed by atoms with van der Waals surface area (Å²) in [5.74, 6) is -0.881. The molecule has 1 amide bonds. The number of H-pyrrole nitrogens is 1. The number of benzene rings is 2. The van der Waals surface area contributed by atoms with E-state index in [2.05, 4.69) is 20.5 Å². The van der Waals surface area contributed by atoms with Gasteiger partial charge in [0.15, 0.2) is 11.0 Å². The number of anilines is 1. The van der Waals surface area contributed by atoms with E-state index in [4.69, 9.17) is 16.7 Å². The maximum atomic E-state index is 12.4. The number of amides is 1. The van der Waals surface area contributed by atoms with E-state index in [0.29, 0.717) is 32.8 Å². The number of nitrogens with one attached hydrogen (secondary N) is 2. The maximum Gasteiger partial charge on any atom is 0.313 e. The number of aromatic nitrogens is 3. The molecule has 7 nitrogen and oxygen atoms in total. The molecule has 3 N–H and O–H groups in total. The molecule has 0 radical (unpaired) electrons. The third kappa shape index (κ3) is 4.62. The van der Waals surface area contributed by atoms with Crippen LogP contribution in [0.5, 0.6) is 0 Å². The van der Waals surface area contributed by atoms with Crippen LogP contribution in [0.25, 0.3) is 11.4 Å². The average molecular weight is 389 g/mol. The van der Waals surface area contributed by atoms with Crippen molar-refractivity contribution in [2.75, 3.05) is 11.1 Å². The number of halogens is 1. The molecule has 1 aromatic heterocycles. The normalized spacial score (nSPS) is 10.5. The van der Waals surface area contributed by atoms with Gasteiger partial charge in [-0.2, -0.15) is 0 Å². The van der Waals surface area contributed by atoms with Crippen LogP contribution in [-0.4, -0.2) is 37.9 Å². The lowest BCUT2D eigenvalue weighted by Gasteiger charge is -2.06. The molecule has 26 heavy (non-hydrogen) atoms. The summed E-state index contributed by atoms with van der Waals surface area (Å²) >= 11 is 6.95. The number of carboxylic acids is 1. The molecule has 0 aliphatic rings. The highest BCUT2D eigenvalue weighted by atomic mass is 35.5. The first-order valence-electron chi connectivity index (χ1n) is 7.46. The quantitative estimate of drug-likeness (QED) is 0.557. The summed E-state index contributed by atoms with van der Waals surface area (Å²) in [7, 11) is 0. The standard InChI is InChI=1S/C17H13ClN4O3S/c18-12-5-2-6-13(8-12)19-16(25)11-4-1-3-10(7-11)15-20-17(22-21-15)26-9-14(23)24/h1-8H,9H2,(H,19,25)(H,23,24)(H,20,21,22). The third-order valence-corrected chi connectivity index (χ3v) is 4.36. The first-order valence-corrected chi connectivity index (χ1v) is 8.82. The number of nitrogens with zero attached hydrogens (tertiary/aromatic N) is 2. The molecule has 0 unspecified atom stereocenters. The van der Waals surface area contributed by atoms with Crippen LogP contribution >= 0.6 is 23.4 Å². The van der Waals surface area contributed by atoms with Gasteiger partial charge in [-0.3, -0.25) is 9.59 Å². The number of hydrogen-bond acceptors (Lipinski definition) is 5. The van der Waals surface area contributed by atoms with Crippen molar-refractivity contribution in [3.8, 4) is 11.4 Å². The number of aliphatic carboxylic acids is 1. The number of thioether (sulfide) groups is 1. The van der Waals surface area contributed by atoms with Gasteiger partial charge in [-0.25, -0.2) is 0 Å². The van der Waals surface area contributed by atoms with Crippen molar-refractivity contribution >= 4 is 40.9 Å². The molecule has 0 atom stereocenters. The number of hydrogen-bond donors (Lipinski definition) is 3. The number of aromatic amines is 1. The second kappa shape index (κ2) is 8.03. The van der Waals surface area contributed by atoms with Crippen LogP contribution in [0.15, 0.2) is 53.7 Å². The molecule has 0 saturated heterocycles. The molecule has 9 heteroatoms. The predicted octanol–water partition coefficient (Wildman–Crippen LogP) is 3.55. The van der Waals surface area contributed by atoms with Gasteiger partial charge in [-0.15, -0.1) is 10.2 Å². The van der Waals surface area contributed by atoms with Crippen molar-refractivity contribution in [3.63, 3.8) is 0 Å². The van der Waals surface area contributed by atoms with Crippen molar-refractivity contribution in [1.82, 2.24) is 15.2 Å². The fraction of sp³-hybridized carbons (Fsp3) is 0.0588. The van der Waals surface area contributed by atoms with Gasteiger partial charge in [-0.05, 0) is 30.3 Å². The Morgan fingerprint density at radius 2 is 1.96 bits per heavy atom. The lowest BCUT2D eigenvalue weighted by Crippen LogP contribution is -2.11. The lowest BCUT2D eigenvalue weighted by molar-refractivity contribution is -0.133. The minimum atomic E-state index is -0.937. The van der Waals surface area contributed by atoms with Crippen LogP contribution in [0.3, 0.4) is 0 Å². The molecule has 132 valence electrons. The molecule has 0 spiro atoms. The molecule has 1 heterocycles. The molecule has 3 rings (SSSR count). The number of rotatable bonds is 6. The van der Waals surface area contributed by atoms with Gasteiger partial charge in [0, 0.05) is 21.8 Å². The molecule has 3 aromatic rings. The highest BCUT2D eigenvalue weighted by molar-refractivity contribution is 7.99. The van der Waals surface area contributed by atoms with Crippen molar-refractivity contribution in [1.29, 1.82) is 0 Å². The fourth-order valence-corrected chi connectivity index (χ4v) is 2.87. The molecule has 0 saturated carbocycles. The number of carbonyl (C=O) groups excluding carboxylic acids is 1. The minimum absolute atomic E-state index is 0.114. The van der Waals surface area contributed by atoms with Crippen LogP contribution in [0, 0.1) is 0 Å². The Bertz CT molecular complexity index is 960. The van der Waals surface area contributed by atoms with Crippen LogP contribution in [0.4, 0.5) is 5.69 Å². The SMILES string of the molecule is O=C(O)CSc1nnc(-c2cccc(C(=O)Nc3cccc(Cl)c3)c2)[nH]1. The van der Waals surface area contributed by atoms with Crippen molar-refractivity contribution < 1.29 is 14.7 Å². The Labute approximate surface area is 157 Å². The maximum absolute atomic E-state index is 12.4. The Morgan fingerprint density at radius 1 is 1.15 bits per heavy atom. The first kappa shape index (κ1) is 18.0. The van der Waals surface area contributed by atoms with E-state index in [0.717, 1.165) is 11.8 Å². The second-order valence-corrected chi connectivity index (χ2v) is 6.61. The summed E-state index contributed by atoms with van der Waals surface area (Å²) in [6.45, 7) is 0. The van der Waals surface area contributed by atoms with E-state index >= 15 is 0 Å². The van der Waals surface area contributed by atoms with E-state index in [1.165, 1.54) is 0 Å². The zero-order chi connectivity index (χ0) is 18.5. The van der Waals surface area contributed by atoms with Crippen molar-refractivity contribution in [2.45, 2.75) is 5.16 Å². The largest absolute Gasteiger partial charge is 0.481 e. The van der Waals surface area contributed by atoms with E-state index in [-0.39, 0.29) is 11.7 Å².